The third kappa shape index (κ3) is 4.08. The first kappa shape index (κ1) is 18.2. The van der Waals surface area contributed by atoms with Crippen molar-refractivity contribution < 1.29 is 13.9 Å². The molecule has 0 unspecified atom stereocenters. The van der Waals surface area contributed by atoms with Crippen LogP contribution in [0.2, 0.25) is 0 Å². The molecule has 2 heterocycles. The lowest BCUT2D eigenvalue weighted by Gasteiger charge is -2.10. The predicted molar refractivity (Wildman–Crippen MR) is 108 cm³/mol. The monoisotopic (exact) mass is 386 g/mol. The van der Waals surface area contributed by atoms with E-state index in [1.807, 2.05) is 18.2 Å². The van der Waals surface area contributed by atoms with Crippen molar-refractivity contribution in [3.8, 4) is 22.8 Å². The molecule has 0 bridgehead atoms. The van der Waals surface area contributed by atoms with Crippen molar-refractivity contribution >= 4 is 22.5 Å². The molecule has 0 saturated carbocycles. The SMILES string of the molecule is C=CC(=O)Nc1cccc(Oc2ncnc3ccc(-c4ccc(F)nc4)cc23)c1. The summed E-state index contributed by atoms with van der Waals surface area (Å²) in [6.45, 7) is 3.43. The number of amides is 1. The molecule has 0 saturated heterocycles. The fraction of sp³-hybridized carbons (Fsp3) is 0. The largest absolute Gasteiger partial charge is 0.438 e. The summed E-state index contributed by atoms with van der Waals surface area (Å²) in [5.41, 5.74) is 2.86. The Labute approximate surface area is 165 Å². The van der Waals surface area contributed by atoms with Gasteiger partial charge in [-0.25, -0.2) is 15.0 Å². The Bertz CT molecular complexity index is 1210. The molecule has 2 aromatic heterocycles. The van der Waals surface area contributed by atoms with Gasteiger partial charge in [0.15, 0.2) is 0 Å². The number of nitrogens with zero attached hydrogens (tertiary/aromatic N) is 3. The molecule has 1 amide bonds. The lowest BCUT2D eigenvalue weighted by atomic mass is 10.1. The number of carbonyl (C=O) groups excluding carboxylic acids is 1. The van der Waals surface area contributed by atoms with Gasteiger partial charge < -0.3 is 10.1 Å². The van der Waals surface area contributed by atoms with Crippen molar-refractivity contribution in [2.45, 2.75) is 0 Å². The van der Waals surface area contributed by atoms with Gasteiger partial charge >= 0.3 is 0 Å². The molecule has 0 atom stereocenters. The van der Waals surface area contributed by atoms with Crippen LogP contribution in [0.5, 0.6) is 11.6 Å². The first-order valence-electron chi connectivity index (χ1n) is 8.70. The molecule has 6 nitrogen and oxygen atoms in total. The highest BCUT2D eigenvalue weighted by atomic mass is 19.1. The molecule has 4 rings (SSSR count). The molecule has 0 aliphatic carbocycles. The standard InChI is InChI=1S/C22H15FN4O2/c1-2-21(28)27-16-4-3-5-17(11-16)29-22-18-10-14(6-8-19(18)25-13-26-22)15-7-9-20(23)24-12-15/h2-13H,1H2,(H,27,28). The average Bonchev–Trinajstić information content (AvgIpc) is 2.74. The van der Waals surface area contributed by atoms with E-state index in [9.17, 15) is 9.18 Å². The lowest BCUT2D eigenvalue weighted by Crippen LogP contribution is -2.07. The number of anilines is 1. The van der Waals surface area contributed by atoms with Gasteiger partial charge in [0.05, 0.1) is 10.9 Å². The van der Waals surface area contributed by atoms with Crippen molar-refractivity contribution in [3.63, 3.8) is 0 Å². The number of halogens is 1. The van der Waals surface area contributed by atoms with Crippen LogP contribution in [0.15, 0.2) is 79.8 Å². The van der Waals surface area contributed by atoms with Gasteiger partial charge in [-0.1, -0.05) is 18.7 Å². The van der Waals surface area contributed by atoms with Crippen LogP contribution in [0.3, 0.4) is 0 Å². The van der Waals surface area contributed by atoms with Crippen molar-refractivity contribution in [2.75, 3.05) is 5.32 Å². The van der Waals surface area contributed by atoms with Gasteiger partial charge in [-0.3, -0.25) is 4.79 Å². The van der Waals surface area contributed by atoms with Crippen LogP contribution in [-0.4, -0.2) is 20.9 Å². The maximum Gasteiger partial charge on any atom is 0.247 e. The Morgan fingerprint density at radius 3 is 2.69 bits per heavy atom. The van der Waals surface area contributed by atoms with Gasteiger partial charge in [0.2, 0.25) is 17.7 Å². The number of carbonyl (C=O) groups is 1. The summed E-state index contributed by atoms with van der Waals surface area (Å²) in [4.78, 5) is 23.7. The van der Waals surface area contributed by atoms with Gasteiger partial charge in [0.1, 0.15) is 12.1 Å². The molecule has 0 aliphatic heterocycles. The summed E-state index contributed by atoms with van der Waals surface area (Å²) in [6.07, 6.45) is 4.07. The van der Waals surface area contributed by atoms with E-state index in [1.54, 1.807) is 30.3 Å². The number of hydrogen-bond acceptors (Lipinski definition) is 5. The van der Waals surface area contributed by atoms with Crippen LogP contribution >= 0.6 is 0 Å². The fourth-order valence-corrected chi connectivity index (χ4v) is 2.78. The highest BCUT2D eigenvalue weighted by molar-refractivity contribution is 5.99. The number of nitrogens with one attached hydrogen (secondary N) is 1. The molecule has 0 fully saturated rings. The van der Waals surface area contributed by atoms with Crippen LogP contribution in [0.4, 0.5) is 10.1 Å². The molecule has 7 heteroatoms. The molecular weight excluding hydrogens is 371 g/mol. The highest BCUT2D eigenvalue weighted by Crippen LogP contribution is 2.31. The zero-order chi connectivity index (χ0) is 20.2. The van der Waals surface area contributed by atoms with Crippen LogP contribution in [0.1, 0.15) is 0 Å². The second-order valence-electron chi connectivity index (χ2n) is 6.10. The molecule has 1 N–H and O–H groups in total. The van der Waals surface area contributed by atoms with Gasteiger partial charge in [0, 0.05) is 23.5 Å². The Morgan fingerprint density at radius 2 is 1.90 bits per heavy atom. The topological polar surface area (TPSA) is 77.0 Å². The van der Waals surface area contributed by atoms with Crippen LogP contribution < -0.4 is 10.1 Å². The molecule has 29 heavy (non-hydrogen) atoms. The van der Waals surface area contributed by atoms with E-state index in [0.29, 0.717) is 28.2 Å². The van der Waals surface area contributed by atoms with Crippen LogP contribution in [0, 0.1) is 5.95 Å². The Hall–Kier alpha value is -4.13. The van der Waals surface area contributed by atoms with E-state index < -0.39 is 5.95 Å². The number of pyridine rings is 1. The van der Waals surface area contributed by atoms with Crippen molar-refractivity contribution in [1.82, 2.24) is 15.0 Å². The number of benzene rings is 2. The number of aromatic nitrogens is 3. The first-order chi connectivity index (χ1) is 14.1. The predicted octanol–water partition coefficient (Wildman–Crippen LogP) is 4.75. The smallest absolute Gasteiger partial charge is 0.247 e. The van der Waals surface area contributed by atoms with Gasteiger partial charge in [-0.15, -0.1) is 0 Å². The summed E-state index contributed by atoms with van der Waals surface area (Å²) < 4.78 is 19.1. The fourth-order valence-electron chi connectivity index (χ4n) is 2.78. The lowest BCUT2D eigenvalue weighted by molar-refractivity contribution is -0.111. The quantitative estimate of drug-likeness (QED) is 0.396. The molecular formula is C22H15FN4O2. The molecule has 0 spiro atoms. The first-order valence-corrected chi connectivity index (χ1v) is 8.70. The Kier molecular flexibility index (Phi) is 4.94. The third-order valence-electron chi connectivity index (χ3n) is 4.16. The van der Waals surface area contributed by atoms with E-state index in [2.05, 4.69) is 26.8 Å². The maximum atomic E-state index is 13.1. The van der Waals surface area contributed by atoms with E-state index in [1.165, 1.54) is 24.7 Å². The minimum absolute atomic E-state index is 0.313. The summed E-state index contributed by atoms with van der Waals surface area (Å²) in [7, 11) is 0. The second-order valence-corrected chi connectivity index (χ2v) is 6.10. The summed E-state index contributed by atoms with van der Waals surface area (Å²) >= 11 is 0. The molecule has 0 radical (unpaired) electrons. The maximum absolute atomic E-state index is 13.1. The van der Waals surface area contributed by atoms with Crippen LogP contribution in [0.25, 0.3) is 22.0 Å². The van der Waals surface area contributed by atoms with Gasteiger partial charge in [0.25, 0.3) is 0 Å². The minimum Gasteiger partial charge on any atom is -0.438 e. The van der Waals surface area contributed by atoms with Crippen molar-refractivity contribution in [2.24, 2.45) is 0 Å². The van der Waals surface area contributed by atoms with Gasteiger partial charge in [-0.05, 0) is 48.0 Å². The number of ether oxygens (including phenoxy) is 1. The summed E-state index contributed by atoms with van der Waals surface area (Å²) in [5.74, 6) is 0.0114. The third-order valence-corrected chi connectivity index (χ3v) is 4.16. The van der Waals surface area contributed by atoms with Gasteiger partial charge in [-0.2, -0.15) is 4.39 Å². The van der Waals surface area contributed by atoms with E-state index >= 15 is 0 Å². The average molecular weight is 386 g/mol. The number of rotatable bonds is 5. The minimum atomic E-state index is -0.537. The molecule has 142 valence electrons. The zero-order valence-electron chi connectivity index (χ0n) is 15.2. The van der Waals surface area contributed by atoms with Crippen molar-refractivity contribution in [3.05, 3.63) is 85.7 Å². The normalized spacial score (nSPS) is 10.5. The summed E-state index contributed by atoms with van der Waals surface area (Å²) in [5, 5.41) is 3.37. The highest BCUT2D eigenvalue weighted by Gasteiger charge is 2.10. The number of fused-ring (bicyclic) bond motifs is 1. The molecule has 0 aliphatic rings. The summed E-state index contributed by atoms with van der Waals surface area (Å²) in [6, 6.07) is 15.5. The van der Waals surface area contributed by atoms with E-state index in [0.717, 1.165) is 11.1 Å². The second kappa shape index (κ2) is 7.85. The Morgan fingerprint density at radius 1 is 1.03 bits per heavy atom. The van der Waals surface area contributed by atoms with Crippen LogP contribution in [-0.2, 0) is 4.79 Å². The van der Waals surface area contributed by atoms with E-state index in [-0.39, 0.29) is 5.91 Å². The Balaban J connectivity index is 1.69. The van der Waals surface area contributed by atoms with E-state index in [4.69, 9.17) is 4.74 Å². The zero-order valence-corrected chi connectivity index (χ0v) is 15.2. The molecule has 4 aromatic rings. The number of hydrogen-bond donors (Lipinski definition) is 1. The molecule has 2 aromatic carbocycles. The van der Waals surface area contributed by atoms with Crippen molar-refractivity contribution in [1.29, 1.82) is 0 Å².